The van der Waals surface area contributed by atoms with E-state index >= 15 is 0 Å². The molecule has 0 saturated heterocycles. The van der Waals surface area contributed by atoms with Gasteiger partial charge in [0.1, 0.15) is 4.83 Å². The number of aromatic nitrogens is 2. The summed E-state index contributed by atoms with van der Waals surface area (Å²) in [6.07, 6.45) is 4.30. The molecule has 3 N–H and O–H groups in total. The molecule has 0 unspecified atom stereocenters. The van der Waals surface area contributed by atoms with Crippen molar-refractivity contribution in [3.8, 4) is 0 Å². The summed E-state index contributed by atoms with van der Waals surface area (Å²) in [5, 5.41) is 3.96. The van der Waals surface area contributed by atoms with Gasteiger partial charge in [0.15, 0.2) is 0 Å². The van der Waals surface area contributed by atoms with E-state index in [9.17, 15) is 9.59 Å². The van der Waals surface area contributed by atoms with E-state index in [0.29, 0.717) is 23.7 Å². The highest BCUT2D eigenvalue weighted by atomic mass is 32.1. The predicted molar refractivity (Wildman–Crippen MR) is 104 cm³/mol. The number of anilines is 2. The maximum atomic E-state index is 13.1. The summed E-state index contributed by atoms with van der Waals surface area (Å²) in [6, 6.07) is 6.89. The van der Waals surface area contributed by atoms with E-state index in [1.807, 2.05) is 13.0 Å². The lowest BCUT2D eigenvalue weighted by molar-refractivity contribution is 0.100. The Bertz CT molecular complexity index is 1070. The highest BCUT2D eigenvalue weighted by Crippen LogP contribution is 2.34. The normalized spacial score (nSPS) is 13.6. The van der Waals surface area contributed by atoms with Crippen LogP contribution < -0.4 is 16.6 Å². The Morgan fingerprint density at radius 3 is 2.92 bits per heavy atom. The fourth-order valence-corrected chi connectivity index (χ4v) is 4.76. The van der Waals surface area contributed by atoms with Crippen molar-refractivity contribution in [2.75, 3.05) is 5.32 Å². The van der Waals surface area contributed by atoms with Gasteiger partial charge in [0, 0.05) is 22.7 Å². The third-order valence-corrected chi connectivity index (χ3v) is 5.98. The quantitative estimate of drug-likeness (QED) is 0.740. The minimum Gasteiger partial charge on any atom is -0.366 e. The van der Waals surface area contributed by atoms with Gasteiger partial charge in [-0.1, -0.05) is 6.07 Å². The first-order valence-corrected chi connectivity index (χ1v) is 9.62. The molecule has 2 heterocycles. The number of nitrogens with two attached hydrogens (primary N) is 1. The number of hydrogen-bond acceptors (Lipinski definition) is 5. The van der Waals surface area contributed by atoms with E-state index in [1.54, 1.807) is 34.1 Å². The lowest BCUT2D eigenvalue weighted by atomic mass is 9.97. The predicted octanol–water partition coefficient (Wildman–Crippen LogP) is 3.20. The summed E-state index contributed by atoms with van der Waals surface area (Å²) >= 11 is 1.63. The van der Waals surface area contributed by atoms with E-state index in [1.165, 1.54) is 16.9 Å². The Labute approximate surface area is 154 Å². The van der Waals surface area contributed by atoms with Gasteiger partial charge in [0.2, 0.25) is 11.9 Å². The number of carbonyl (C=O) groups is 1. The van der Waals surface area contributed by atoms with Crippen LogP contribution in [-0.4, -0.2) is 15.5 Å². The zero-order valence-corrected chi connectivity index (χ0v) is 15.4. The summed E-state index contributed by atoms with van der Waals surface area (Å²) in [7, 11) is 0. The van der Waals surface area contributed by atoms with E-state index < -0.39 is 5.91 Å². The maximum absolute atomic E-state index is 13.1. The maximum Gasteiger partial charge on any atom is 0.263 e. The number of benzene rings is 1. The summed E-state index contributed by atoms with van der Waals surface area (Å²) in [5.41, 5.74) is 7.64. The van der Waals surface area contributed by atoms with E-state index in [-0.39, 0.29) is 5.56 Å². The molecule has 2 aromatic heterocycles. The van der Waals surface area contributed by atoms with Gasteiger partial charge in [0.05, 0.1) is 5.39 Å². The molecule has 1 aliphatic rings. The second-order valence-corrected chi connectivity index (χ2v) is 7.53. The number of hydrogen-bond donors (Lipinski definition) is 2. The molecule has 0 spiro atoms. The van der Waals surface area contributed by atoms with Crippen molar-refractivity contribution in [3.63, 3.8) is 0 Å². The average Bonchev–Trinajstić information content (AvgIpc) is 3.00. The molecule has 1 amide bonds. The van der Waals surface area contributed by atoms with Gasteiger partial charge in [-0.05, 0) is 56.4 Å². The van der Waals surface area contributed by atoms with Crippen LogP contribution in [0.1, 0.15) is 40.6 Å². The lowest BCUT2D eigenvalue weighted by Gasteiger charge is -2.14. The van der Waals surface area contributed by atoms with Crippen LogP contribution in [0.15, 0.2) is 29.1 Å². The summed E-state index contributed by atoms with van der Waals surface area (Å²) in [5.74, 6) is 0.00101. The molecule has 0 aliphatic heterocycles. The van der Waals surface area contributed by atoms with Crippen LogP contribution >= 0.6 is 11.3 Å². The van der Waals surface area contributed by atoms with Crippen molar-refractivity contribution in [1.82, 2.24) is 9.55 Å². The van der Waals surface area contributed by atoms with Crippen molar-refractivity contribution in [3.05, 3.63) is 50.6 Å². The van der Waals surface area contributed by atoms with Crippen molar-refractivity contribution in [2.24, 2.45) is 5.73 Å². The van der Waals surface area contributed by atoms with Crippen LogP contribution in [0.3, 0.4) is 0 Å². The van der Waals surface area contributed by atoms with Gasteiger partial charge in [-0.2, -0.15) is 0 Å². The third-order valence-electron chi connectivity index (χ3n) is 4.79. The Balaban J connectivity index is 1.84. The number of thiophene rings is 1. The highest BCUT2D eigenvalue weighted by Gasteiger charge is 2.21. The van der Waals surface area contributed by atoms with Gasteiger partial charge < -0.3 is 11.1 Å². The van der Waals surface area contributed by atoms with Crippen LogP contribution in [0.25, 0.3) is 10.2 Å². The fourth-order valence-electron chi connectivity index (χ4n) is 3.51. The molecule has 6 nitrogen and oxygen atoms in total. The minimum atomic E-state index is -0.490. The molecule has 1 aliphatic carbocycles. The summed E-state index contributed by atoms with van der Waals surface area (Å²) in [4.78, 5) is 31.3. The standard InChI is InChI=1S/C19H20N4O2S/c1-2-23-18(25)15-13-8-3-4-9-14(13)26-17(15)22-19(23)21-12-7-5-6-11(10-12)16(20)24/h5-7,10H,2-4,8-9H2,1H3,(H2,20,24)(H,21,22). The lowest BCUT2D eigenvalue weighted by Crippen LogP contribution is -2.24. The molecular formula is C19H20N4O2S. The van der Waals surface area contributed by atoms with Crippen LogP contribution in [0.5, 0.6) is 0 Å². The number of fused-ring (bicyclic) bond motifs is 3. The van der Waals surface area contributed by atoms with E-state index in [2.05, 4.69) is 5.32 Å². The van der Waals surface area contributed by atoms with Crippen LogP contribution in [0, 0.1) is 0 Å². The van der Waals surface area contributed by atoms with Crippen LogP contribution in [-0.2, 0) is 19.4 Å². The second kappa shape index (κ2) is 6.57. The number of amides is 1. The second-order valence-electron chi connectivity index (χ2n) is 6.45. The van der Waals surface area contributed by atoms with Gasteiger partial charge in [-0.25, -0.2) is 4.98 Å². The molecule has 0 atom stereocenters. The minimum absolute atomic E-state index is 0.00505. The number of rotatable bonds is 4. The summed E-state index contributed by atoms with van der Waals surface area (Å²) < 4.78 is 1.65. The molecule has 0 bridgehead atoms. The Morgan fingerprint density at radius 1 is 1.35 bits per heavy atom. The largest absolute Gasteiger partial charge is 0.366 e. The first-order valence-electron chi connectivity index (χ1n) is 8.80. The van der Waals surface area contributed by atoms with Gasteiger partial charge in [-0.3, -0.25) is 14.2 Å². The fraction of sp³-hybridized carbons (Fsp3) is 0.316. The molecule has 1 aromatic carbocycles. The Hall–Kier alpha value is -2.67. The number of aryl methyl sites for hydroxylation is 2. The number of nitrogens with zero attached hydrogens (tertiary/aromatic N) is 2. The van der Waals surface area contributed by atoms with Crippen LogP contribution in [0.2, 0.25) is 0 Å². The number of nitrogens with one attached hydrogen (secondary N) is 1. The van der Waals surface area contributed by atoms with Gasteiger partial charge >= 0.3 is 0 Å². The topological polar surface area (TPSA) is 90.0 Å². The molecule has 7 heteroatoms. The van der Waals surface area contributed by atoms with Gasteiger partial charge in [0.25, 0.3) is 5.56 Å². The van der Waals surface area contributed by atoms with Gasteiger partial charge in [-0.15, -0.1) is 11.3 Å². The van der Waals surface area contributed by atoms with Crippen molar-refractivity contribution < 1.29 is 4.79 Å². The zero-order valence-electron chi connectivity index (χ0n) is 14.5. The SMILES string of the molecule is CCn1c(Nc2cccc(C(N)=O)c2)nc2sc3c(c2c1=O)CCCC3. The molecule has 0 radical (unpaired) electrons. The molecule has 0 saturated carbocycles. The highest BCUT2D eigenvalue weighted by molar-refractivity contribution is 7.18. The first kappa shape index (κ1) is 16.8. The molecule has 4 rings (SSSR count). The smallest absolute Gasteiger partial charge is 0.263 e. The number of primary amides is 1. The third kappa shape index (κ3) is 2.78. The zero-order chi connectivity index (χ0) is 18.3. The molecule has 3 aromatic rings. The van der Waals surface area contributed by atoms with Crippen molar-refractivity contribution in [2.45, 2.75) is 39.2 Å². The van der Waals surface area contributed by atoms with Crippen LogP contribution in [0.4, 0.5) is 11.6 Å². The monoisotopic (exact) mass is 368 g/mol. The van der Waals surface area contributed by atoms with E-state index in [4.69, 9.17) is 10.7 Å². The Morgan fingerprint density at radius 2 is 2.15 bits per heavy atom. The van der Waals surface area contributed by atoms with Crippen molar-refractivity contribution >= 4 is 39.1 Å². The summed E-state index contributed by atoms with van der Waals surface area (Å²) in [6.45, 7) is 2.45. The Kier molecular flexibility index (Phi) is 4.24. The first-order chi connectivity index (χ1) is 12.6. The average molecular weight is 368 g/mol. The molecular weight excluding hydrogens is 348 g/mol. The molecule has 0 fully saturated rings. The molecule has 26 heavy (non-hydrogen) atoms. The van der Waals surface area contributed by atoms with E-state index in [0.717, 1.165) is 29.5 Å². The molecule has 134 valence electrons. The van der Waals surface area contributed by atoms with Crippen molar-refractivity contribution in [1.29, 1.82) is 0 Å². The number of carbonyl (C=O) groups excluding carboxylic acids is 1.